The zero-order chi connectivity index (χ0) is 10.8. The average molecular weight is 257 g/mol. The first kappa shape index (κ1) is 11.7. The van der Waals surface area contributed by atoms with Gasteiger partial charge in [0.25, 0.3) is 0 Å². The Hall–Kier alpha value is -0.340. The topological polar surface area (TPSA) is 20.2 Å². The van der Waals surface area contributed by atoms with Crippen molar-refractivity contribution in [2.75, 3.05) is 6.61 Å². The minimum Gasteiger partial charge on any atom is -0.395 e. The van der Waals surface area contributed by atoms with Gasteiger partial charge in [-0.15, -0.1) is 0 Å². The van der Waals surface area contributed by atoms with Crippen LogP contribution in [0.2, 0.25) is 0 Å². The van der Waals surface area contributed by atoms with Gasteiger partial charge < -0.3 is 5.11 Å². The number of aliphatic hydroxyl groups is 1. The van der Waals surface area contributed by atoms with Gasteiger partial charge >= 0.3 is 0 Å². The number of rotatable bonds is 3. The molecule has 0 unspecified atom stereocenters. The highest BCUT2D eigenvalue weighted by Gasteiger charge is 2.19. The van der Waals surface area contributed by atoms with E-state index in [4.69, 9.17) is 0 Å². The quantitative estimate of drug-likeness (QED) is 0.881. The Bertz CT molecular complexity index is 318. The highest BCUT2D eigenvalue weighted by molar-refractivity contribution is 9.10. The monoisotopic (exact) mass is 256 g/mol. The molecular formula is C12H17BrO. The van der Waals surface area contributed by atoms with Crippen molar-refractivity contribution in [3.8, 4) is 0 Å². The lowest BCUT2D eigenvalue weighted by Crippen LogP contribution is -2.22. The second-order valence-electron chi connectivity index (χ2n) is 4.24. The molecule has 0 fully saturated rings. The molecule has 0 radical (unpaired) electrons. The molecule has 1 aromatic carbocycles. The molecule has 14 heavy (non-hydrogen) atoms. The molecule has 2 heteroatoms. The van der Waals surface area contributed by atoms with E-state index < -0.39 is 0 Å². The molecule has 0 heterocycles. The molecule has 0 amide bonds. The largest absolute Gasteiger partial charge is 0.395 e. The summed E-state index contributed by atoms with van der Waals surface area (Å²) in [4.78, 5) is 0. The molecule has 0 spiro atoms. The molecule has 1 nitrogen and oxygen atoms in total. The van der Waals surface area contributed by atoms with E-state index in [1.54, 1.807) is 0 Å². The fourth-order valence-corrected chi connectivity index (χ4v) is 1.88. The van der Waals surface area contributed by atoms with Gasteiger partial charge in [0, 0.05) is 9.89 Å². The first-order chi connectivity index (χ1) is 6.49. The predicted molar refractivity (Wildman–Crippen MR) is 63.6 cm³/mol. The van der Waals surface area contributed by atoms with Crippen molar-refractivity contribution in [2.24, 2.45) is 0 Å². The third-order valence-electron chi connectivity index (χ3n) is 2.54. The molecule has 78 valence electrons. The molecule has 0 saturated heterocycles. The Morgan fingerprint density at radius 2 is 1.93 bits per heavy atom. The van der Waals surface area contributed by atoms with Crippen LogP contribution in [0.3, 0.4) is 0 Å². The standard InChI is InChI=1S/C12H17BrO/c1-4-9-5-10(7-11(13)6-9)12(2,3)8-14/h5-7,14H,4,8H2,1-3H3. The summed E-state index contributed by atoms with van der Waals surface area (Å²) in [7, 11) is 0. The third kappa shape index (κ3) is 2.58. The van der Waals surface area contributed by atoms with E-state index in [1.807, 2.05) is 13.8 Å². The number of hydrogen-bond acceptors (Lipinski definition) is 1. The minimum absolute atomic E-state index is 0.159. The Morgan fingerprint density at radius 1 is 1.29 bits per heavy atom. The van der Waals surface area contributed by atoms with E-state index >= 15 is 0 Å². The van der Waals surface area contributed by atoms with E-state index in [9.17, 15) is 5.11 Å². The first-order valence-electron chi connectivity index (χ1n) is 4.90. The normalized spacial score (nSPS) is 11.8. The third-order valence-corrected chi connectivity index (χ3v) is 3.00. The summed E-state index contributed by atoms with van der Waals surface area (Å²) < 4.78 is 1.09. The minimum atomic E-state index is -0.159. The van der Waals surface area contributed by atoms with Crippen molar-refractivity contribution < 1.29 is 5.11 Å². The number of aryl methyl sites for hydroxylation is 1. The Balaban J connectivity index is 3.15. The van der Waals surface area contributed by atoms with Crippen LogP contribution in [0.1, 0.15) is 31.9 Å². The second-order valence-corrected chi connectivity index (χ2v) is 5.16. The SMILES string of the molecule is CCc1cc(Br)cc(C(C)(C)CO)c1. The Kier molecular flexibility index (Phi) is 3.73. The van der Waals surface area contributed by atoms with Crippen molar-refractivity contribution in [3.05, 3.63) is 33.8 Å². The number of aliphatic hydroxyl groups excluding tert-OH is 1. The Morgan fingerprint density at radius 3 is 2.43 bits per heavy atom. The highest BCUT2D eigenvalue weighted by Crippen LogP contribution is 2.27. The van der Waals surface area contributed by atoms with Gasteiger partial charge in [0.2, 0.25) is 0 Å². The van der Waals surface area contributed by atoms with Gasteiger partial charge in [-0.05, 0) is 29.7 Å². The zero-order valence-electron chi connectivity index (χ0n) is 8.97. The van der Waals surface area contributed by atoms with Crippen LogP contribution in [-0.4, -0.2) is 11.7 Å². The summed E-state index contributed by atoms with van der Waals surface area (Å²) in [6, 6.07) is 6.37. The molecule has 0 saturated carbocycles. The first-order valence-corrected chi connectivity index (χ1v) is 5.69. The lowest BCUT2D eigenvalue weighted by atomic mass is 9.84. The zero-order valence-corrected chi connectivity index (χ0v) is 10.6. The maximum atomic E-state index is 9.29. The van der Waals surface area contributed by atoms with Crippen LogP contribution >= 0.6 is 15.9 Å². The summed E-state index contributed by atoms with van der Waals surface area (Å²) in [5, 5.41) is 9.29. The molecule has 0 atom stereocenters. The molecule has 0 aliphatic rings. The van der Waals surface area contributed by atoms with Gasteiger partial charge in [-0.2, -0.15) is 0 Å². The van der Waals surface area contributed by atoms with Crippen LogP contribution in [0.4, 0.5) is 0 Å². The fraction of sp³-hybridized carbons (Fsp3) is 0.500. The summed E-state index contributed by atoms with van der Waals surface area (Å²) in [6.07, 6.45) is 1.02. The smallest absolute Gasteiger partial charge is 0.0522 e. The predicted octanol–water partition coefficient (Wildman–Crippen LogP) is 3.28. The van der Waals surface area contributed by atoms with Crippen LogP contribution in [0.25, 0.3) is 0 Å². The molecule has 0 aromatic heterocycles. The second kappa shape index (κ2) is 4.45. The van der Waals surface area contributed by atoms with Crippen LogP contribution < -0.4 is 0 Å². The fourth-order valence-electron chi connectivity index (χ4n) is 1.34. The van der Waals surface area contributed by atoms with Crippen molar-refractivity contribution in [2.45, 2.75) is 32.6 Å². The van der Waals surface area contributed by atoms with E-state index in [-0.39, 0.29) is 12.0 Å². The summed E-state index contributed by atoms with van der Waals surface area (Å²) in [5.41, 5.74) is 2.33. The van der Waals surface area contributed by atoms with Gasteiger partial charge in [0.1, 0.15) is 0 Å². The van der Waals surface area contributed by atoms with Crippen LogP contribution in [-0.2, 0) is 11.8 Å². The van der Waals surface area contributed by atoms with Crippen LogP contribution in [0.15, 0.2) is 22.7 Å². The summed E-state index contributed by atoms with van der Waals surface area (Å²) in [6.45, 7) is 6.41. The average Bonchev–Trinajstić information content (AvgIpc) is 2.16. The van der Waals surface area contributed by atoms with Gasteiger partial charge in [0.05, 0.1) is 6.61 Å². The maximum absolute atomic E-state index is 9.29. The van der Waals surface area contributed by atoms with Gasteiger partial charge in [-0.3, -0.25) is 0 Å². The van der Waals surface area contributed by atoms with Gasteiger partial charge in [0.15, 0.2) is 0 Å². The van der Waals surface area contributed by atoms with E-state index in [2.05, 4.69) is 41.1 Å². The summed E-state index contributed by atoms with van der Waals surface area (Å²) in [5.74, 6) is 0. The van der Waals surface area contributed by atoms with E-state index in [1.165, 1.54) is 11.1 Å². The van der Waals surface area contributed by atoms with Crippen molar-refractivity contribution >= 4 is 15.9 Å². The van der Waals surface area contributed by atoms with Gasteiger partial charge in [-0.25, -0.2) is 0 Å². The molecule has 0 aliphatic carbocycles. The maximum Gasteiger partial charge on any atom is 0.0522 e. The molecule has 0 bridgehead atoms. The number of benzene rings is 1. The van der Waals surface area contributed by atoms with Crippen LogP contribution in [0.5, 0.6) is 0 Å². The van der Waals surface area contributed by atoms with Crippen molar-refractivity contribution in [1.29, 1.82) is 0 Å². The summed E-state index contributed by atoms with van der Waals surface area (Å²) >= 11 is 3.49. The number of hydrogen-bond donors (Lipinski definition) is 1. The van der Waals surface area contributed by atoms with Gasteiger partial charge in [-0.1, -0.05) is 42.8 Å². The van der Waals surface area contributed by atoms with E-state index in [0.29, 0.717) is 0 Å². The Labute approximate surface area is 94.3 Å². The highest BCUT2D eigenvalue weighted by atomic mass is 79.9. The lowest BCUT2D eigenvalue weighted by Gasteiger charge is -2.23. The molecular weight excluding hydrogens is 240 g/mol. The van der Waals surface area contributed by atoms with E-state index in [0.717, 1.165) is 10.9 Å². The molecule has 1 rings (SSSR count). The lowest BCUT2D eigenvalue weighted by molar-refractivity contribution is 0.218. The number of halogens is 1. The molecule has 1 aromatic rings. The van der Waals surface area contributed by atoms with Crippen molar-refractivity contribution in [3.63, 3.8) is 0 Å². The molecule has 0 aliphatic heterocycles. The van der Waals surface area contributed by atoms with Crippen molar-refractivity contribution in [1.82, 2.24) is 0 Å². The molecule has 1 N–H and O–H groups in total. The van der Waals surface area contributed by atoms with Crippen LogP contribution in [0, 0.1) is 0 Å².